The predicted octanol–water partition coefficient (Wildman–Crippen LogP) is 0.719. The first-order chi connectivity index (χ1) is 12.1. The second-order valence-corrected chi connectivity index (χ2v) is 7.19. The molecule has 0 aromatic heterocycles. The molecule has 0 radical (unpaired) electrons. The van der Waals surface area contributed by atoms with Gasteiger partial charge in [-0.2, -0.15) is 0 Å². The van der Waals surface area contributed by atoms with Gasteiger partial charge in [-0.1, -0.05) is 43.2 Å². The van der Waals surface area contributed by atoms with E-state index in [1.165, 1.54) is 0 Å². The second kappa shape index (κ2) is 7.97. The van der Waals surface area contributed by atoms with Gasteiger partial charge in [0, 0.05) is 32.7 Å². The summed E-state index contributed by atoms with van der Waals surface area (Å²) >= 11 is 0. The van der Waals surface area contributed by atoms with Gasteiger partial charge in [-0.05, 0) is 18.4 Å². The third kappa shape index (κ3) is 4.58. The fourth-order valence-electron chi connectivity index (χ4n) is 3.70. The molecule has 1 aromatic carbocycles. The van der Waals surface area contributed by atoms with Crippen LogP contribution in [-0.4, -0.2) is 59.9 Å². The smallest absolute Gasteiger partial charge is 0.242 e. The van der Waals surface area contributed by atoms with Gasteiger partial charge in [-0.15, -0.1) is 0 Å². The Morgan fingerprint density at radius 3 is 2.32 bits per heavy atom. The van der Waals surface area contributed by atoms with E-state index in [4.69, 9.17) is 5.73 Å². The van der Waals surface area contributed by atoms with Gasteiger partial charge >= 0.3 is 0 Å². The van der Waals surface area contributed by atoms with E-state index < -0.39 is 5.54 Å². The number of nitrogens with zero attached hydrogens (tertiary/aromatic N) is 2. The number of nitrogens with two attached hydrogens (primary N) is 1. The van der Waals surface area contributed by atoms with Crippen molar-refractivity contribution in [1.29, 1.82) is 0 Å². The predicted molar refractivity (Wildman–Crippen MR) is 96.7 cm³/mol. The van der Waals surface area contributed by atoms with Gasteiger partial charge < -0.3 is 16.0 Å². The lowest BCUT2D eigenvalue weighted by molar-refractivity contribution is -0.138. The molecular weight excluding hydrogens is 316 g/mol. The summed E-state index contributed by atoms with van der Waals surface area (Å²) in [6, 6.07) is 9.88. The molecule has 1 saturated carbocycles. The number of amides is 2. The summed E-state index contributed by atoms with van der Waals surface area (Å²) in [6.45, 7) is 3.69. The van der Waals surface area contributed by atoms with Crippen LogP contribution in [0.1, 0.15) is 31.2 Å². The zero-order valence-corrected chi connectivity index (χ0v) is 14.7. The Balaban J connectivity index is 1.40. The first-order valence-corrected chi connectivity index (χ1v) is 9.18. The largest absolute Gasteiger partial charge is 0.351 e. The van der Waals surface area contributed by atoms with Crippen LogP contribution in [0.5, 0.6) is 0 Å². The van der Waals surface area contributed by atoms with Gasteiger partial charge in [0.15, 0.2) is 0 Å². The molecule has 1 aliphatic carbocycles. The lowest BCUT2D eigenvalue weighted by Gasteiger charge is -2.38. The van der Waals surface area contributed by atoms with Crippen molar-refractivity contribution >= 4 is 11.8 Å². The molecule has 3 N–H and O–H groups in total. The van der Waals surface area contributed by atoms with Crippen molar-refractivity contribution in [2.45, 2.75) is 37.8 Å². The van der Waals surface area contributed by atoms with Crippen LogP contribution in [0.2, 0.25) is 0 Å². The van der Waals surface area contributed by atoms with Gasteiger partial charge in [0.2, 0.25) is 11.8 Å². The molecule has 3 rings (SSSR count). The number of piperazine rings is 1. The molecule has 136 valence electrons. The van der Waals surface area contributed by atoms with Crippen LogP contribution in [0.25, 0.3) is 0 Å². The van der Waals surface area contributed by atoms with Gasteiger partial charge in [0.05, 0.1) is 12.1 Å². The number of rotatable bonds is 5. The topological polar surface area (TPSA) is 78.7 Å². The Morgan fingerprint density at radius 2 is 1.68 bits per heavy atom. The fraction of sp³-hybridized carbons (Fsp3) is 0.579. The number of nitrogens with one attached hydrogen (secondary N) is 1. The number of hydrogen-bond donors (Lipinski definition) is 2. The van der Waals surface area contributed by atoms with Crippen LogP contribution in [0.4, 0.5) is 0 Å². The average Bonchev–Trinajstić information content (AvgIpc) is 3.09. The molecule has 1 heterocycles. The van der Waals surface area contributed by atoms with Crippen LogP contribution in [-0.2, 0) is 16.1 Å². The zero-order chi connectivity index (χ0) is 17.7. The van der Waals surface area contributed by atoms with Crippen molar-refractivity contribution in [3.8, 4) is 0 Å². The molecule has 6 nitrogen and oxygen atoms in total. The van der Waals surface area contributed by atoms with E-state index in [1.54, 1.807) is 0 Å². The van der Waals surface area contributed by atoms with Gasteiger partial charge in [-0.3, -0.25) is 14.5 Å². The lowest BCUT2D eigenvalue weighted by Crippen LogP contribution is -2.59. The van der Waals surface area contributed by atoms with Crippen molar-refractivity contribution in [2.75, 3.05) is 32.7 Å². The number of benzene rings is 1. The standard InChI is InChI=1S/C19H28N4O2/c20-19(8-4-5-9-19)18(25)23-12-10-22(11-13-23)15-17(24)21-14-16-6-2-1-3-7-16/h1-3,6-7H,4-5,8-15,20H2,(H,21,24). The van der Waals surface area contributed by atoms with Gasteiger partial charge in [0.1, 0.15) is 0 Å². The number of hydrogen-bond acceptors (Lipinski definition) is 4. The summed E-state index contributed by atoms with van der Waals surface area (Å²) in [7, 11) is 0. The van der Waals surface area contributed by atoms with Crippen LogP contribution >= 0.6 is 0 Å². The minimum absolute atomic E-state index is 0.0229. The molecule has 2 aliphatic rings. The Hall–Kier alpha value is -1.92. The van der Waals surface area contributed by atoms with E-state index in [0.717, 1.165) is 44.3 Å². The van der Waals surface area contributed by atoms with Crippen molar-refractivity contribution in [3.05, 3.63) is 35.9 Å². The van der Waals surface area contributed by atoms with Gasteiger partial charge in [0.25, 0.3) is 0 Å². The molecule has 0 unspecified atom stereocenters. The van der Waals surface area contributed by atoms with E-state index in [1.807, 2.05) is 35.2 Å². The highest BCUT2D eigenvalue weighted by Crippen LogP contribution is 2.29. The van der Waals surface area contributed by atoms with Gasteiger partial charge in [-0.25, -0.2) is 0 Å². The summed E-state index contributed by atoms with van der Waals surface area (Å²) in [4.78, 5) is 28.7. The second-order valence-electron chi connectivity index (χ2n) is 7.19. The third-order valence-corrected chi connectivity index (χ3v) is 5.28. The highest BCUT2D eigenvalue weighted by Gasteiger charge is 2.40. The first-order valence-electron chi connectivity index (χ1n) is 9.18. The number of carbonyl (C=O) groups is 2. The minimum atomic E-state index is -0.644. The molecule has 2 amide bonds. The highest BCUT2D eigenvalue weighted by molar-refractivity contribution is 5.86. The lowest BCUT2D eigenvalue weighted by atomic mass is 9.97. The fourth-order valence-corrected chi connectivity index (χ4v) is 3.70. The zero-order valence-electron chi connectivity index (χ0n) is 14.7. The molecule has 1 aliphatic heterocycles. The highest BCUT2D eigenvalue weighted by atomic mass is 16.2. The maximum atomic E-state index is 12.6. The van der Waals surface area contributed by atoms with Crippen molar-refractivity contribution in [2.24, 2.45) is 5.73 Å². The summed E-state index contributed by atoms with van der Waals surface area (Å²) < 4.78 is 0. The first kappa shape index (κ1) is 17.9. The molecule has 0 atom stereocenters. The van der Waals surface area contributed by atoms with Crippen LogP contribution in [0.3, 0.4) is 0 Å². The van der Waals surface area contributed by atoms with Crippen LogP contribution in [0.15, 0.2) is 30.3 Å². The van der Waals surface area contributed by atoms with Crippen molar-refractivity contribution < 1.29 is 9.59 Å². The van der Waals surface area contributed by atoms with E-state index in [9.17, 15) is 9.59 Å². The Morgan fingerprint density at radius 1 is 1.04 bits per heavy atom. The molecule has 0 spiro atoms. The SMILES string of the molecule is NC1(C(=O)N2CCN(CC(=O)NCc3ccccc3)CC2)CCCC1. The van der Waals surface area contributed by atoms with Crippen LogP contribution in [0, 0.1) is 0 Å². The minimum Gasteiger partial charge on any atom is -0.351 e. The van der Waals surface area contributed by atoms with Crippen LogP contribution < -0.4 is 11.1 Å². The maximum absolute atomic E-state index is 12.6. The summed E-state index contributed by atoms with van der Waals surface area (Å²) in [5.74, 6) is 0.118. The molecule has 2 fully saturated rings. The Labute approximate surface area is 149 Å². The average molecular weight is 344 g/mol. The number of carbonyl (C=O) groups excluding carboxylic acids is 2. The van der Waals surface area contributed by atoms with E-state index in [0.29, 0.717) is 26.2 Å². The Bertz CT molecular complexity index is 591. The summed E-state index contributed by atoms with van der Waals surface area (Å²) in [6.07, 6.45) is 3.69. The summed E-state index contributed by atoms with van der Waals surface area (Å²) in [5.41, 5.74) is 6.72. The van der Waals surface area contributed by atoms with Crippen molar-refractivity contribution in [3.63, 3.8) is 0 Å². The Kier molecular flexibility index (Phi) is 5.71. The molecular formula is C19H28N4O2. The van der Waals surface area contributed by atoms with E-state index in [2.05, 4.69) is 10.2 Å². The molecule has 1 saturated heterocycles. The summed E-state index contributed by atoms with van der Waals surface area (Å²) in [5, 5.41) is 2.95. The van der Waals surface area contributed by atoms with Crippen molar-refractivity contribution in [1.82, 2.24) is 15.1 Å². The monoisotopic (exact) mass is 344 g/mol. The normalized spacial score (nSPS) is 20.4. The third-order valence-electron chi connectivity index (χ3n) is 5.28. The molecule has 0 bridgehead atoms. The maximum Gasteiger partial charge on any atom is 0.242 e. The molecule has 25 heavy (non-hydrogen) atoms. The molecule has 1 aromatic rings. The quantitative estimate of drug-likeness (QED) is 0.825. The van der Waals surface area contributed by atoms with E-state index in [-0.39, 0.29) is 11.8 Å². The molecule has 6 heteroatoms. The van der Waals surface area contributed by atoms with E-state index >= 15 is 0 Å².